The molecule has 8 nitrogen and oxygen atoms in total. The third kappa shape index (κ3) is 3.83. The molecule has 1 aliphatic heterocycles. The summed E-state index contributed by atoms with van der Waals surface area (Å²) in [6, 6.07) is 12.7. The average Bonchev–Trinajstić information content (AvgIpc) is 3.16. The van der Waals surface area contributed by atoms with Gasteiger partial charge in [0.1, 0.15) is 5.82 Å². The van der Waals surface area contributed by atoms with Crippen LogP contribution in [0.1, 0.15) is 0 Å². The first-order valence-electron chi connectivity index (χ1n) is 9.35. The van der Waals surface area contributed by atoms with Crippen LogP contribution in [0.5, 0.6) is 0 Å². The third-order valence-corrected chi connectivity index (χ3v) is 5.14. The van der Waals surface area contributed by atoms with E-state index in [0.29, 0.717) is 11.4 Å². The van der Waals surface area contributed by atoms with Crippen molar-refractivity contribution in [3.8, 4) is 11.4 Å². The van der Waals surface area contributed by atoms with Gasteiger partial charge in [-0.15, -0.1) is 0 Å². The summed E-state index contributed by atoms with van der Waals surface area (Å²) in [5.41, 5.74) is 3.71. The highest BCUT2D eigenvalue weighted by Gasteiger charge is 2.18. The number of piperazine rings is 1. The molecule has 1 aromatic heterocycles. The van der Waals surface area contributed by atoms with Gasteiger partial charge in [0.2, 0.25) is 0 Å². The van der Waals surface area contributed by atoms with Crippen LogP contribution in [0.2, 0.25) is 0 Å². The van der Waals surface area contributed by atoms with Crippen LogP contribution in [0.15, 0.2) is 42.5 Å². The summed E-state index contributed by atoms with van der Waals surface area (Å²) in [5, 5.41) is 11.0. The second kappa shape index (κ2) is 7.95. The van der Waals surface area contributed by atoms with Crippen LogP contribution in [0, 0.1) is 10.1 Å². The predicted molar refractivity (Wildman–Crippen MR) is 109 cm³/mol. The van der Waals surface area contributed by atoms with Crippen molar-refractivity contribution >= 4 is 22.4 Å². The number of non-ortho nitro benzene ring substituents is 1. The Morgan fingerprint density at radius 1 is 1.18 bits per heavy atom. The van der Waals surface area contributed by atoms with Gasteiger partial charge < -0.3 is 14.6 Å². The molecule has 1 aliphatic rings. The maximum atomic E-state index is 11.0. The van der Waals surface area contributed by atoms with Crippen LogP contribution in [-0.2, 0) is 4.74 Å². The standard InChI is InChI=1S/C20H23N5O3/c1-28-12-11-23-7-9-24(10-8-23)16-5-6-18-19(14-16)22-20(21-18)15-3-2-4-17(13-15)25(26)27/h2-6,13-14H,7-12H2,1H3,(H,21,22). The van der Waals surface area contributed by atoms with Crippen molar-refractivity contribution in [3.05, 3.63) is 52.6 Å². The Hall–Kier alpha value is -2.97. The van der Waals surface area contributed by atoms with E-state index >= 15 is 0 Å². The number of nitro groups is 1. The number of imidazole rings is 1. The lowest BCUT2D eigenvalue weighted by atomic mass is 10.2. The molecule has 3 aromatic rings. The number of nitrogens with one attached hydrogen (secondary N) is 1. The van der Waals surface area contributed by atoms with Crippen molar-refractivity contribution in [1.82, 2.24) is 14.9 Å². The van der Waals surface area contributed by atoms with Gasteiger partial charge in [-0.05, 0) is 18.2 Å². The van der Waals surface area contributed by atoms with Gasteiger partial charge in [0.05, 0.1) is 22.6 Å². The van der Waals surface area contributed by atoms with E-state index in [9.17, 15) is 10.1 Å². The zero-order valence-corrected chi connectivity index (χ0v) is 15.8. The van der Waals surface area contributed by atoms with Crippen molar-refractivity contribution in [1.29, 1.82) is 0 Å². The van der Waals surface area contributed by atoms with E-state index in [1.807, 2.05) is 12.1 Å². The number of benzene rings is 2. The highest BCUT2D eigenvalue weighted by Crippen LogP contribution is 2.27. The van der Waals surface area contributed by atoms with Gasteiger partial charge in [-0.3, -0.25) is 15.0 Å². The normalized spacial score (nSPS) is 15.2. The lowest BCUT2D eigenvalue weighted by Crippen LogP contribution is -2.47. The van der Waals surface area contributed by atoms with Crippen molar-refractivity contribution in [2.75, 3.05) is 51.3 Å². The first-order chi connectivity index (χ1) is 13.6. The van der Waals surface area contributed by atoms with Gasteiger partial charge in [0.25, 0.3) is 5.69 Å². The van der Waals surface area contributed by atoms with E-state index in [0.717, 1.165) is 56.1 Å². The molecule has 1 saturated heterocycles. The van der Waals surface area contributed by atoms with Crippen LogP contribution in [0.4, 0.5) is 11.4 Å². The summed E-state index contributed by atoms with van der Waals surface area (Å²) >= 11 is 0. The van der Waals surface area contributed by atoms with Crippen molar-refractivity contribution in [2.24, 2.45) is 0 Å². The Bertz CT molecular complexity index is 979. The molecule has 146 valence electrons. The number of aromatic amines is 1. The summed E-state index contributed by atoms with van der Waals surface area (Å²) in [6.45, 7) is 5.71. The number of aromatic nitrogens is 2. The molecule has 0 unspecified atom stereocenters. The van der Waals surface area contributed by atoms with Gasteiger partial charge in [-0.1, -0.05) is 12.1 Å². The minimum Gasteiger partial charge on any atom is -0.383 e. The highest BCUT2D eigenvalue weighted by molar-refractivity contribution is 5.83. The van der Waals surface area contributed by atoms with E-state index in [1.165, 1.54) is 12.1 Å². The number of hydrogen-bond donors (Lipinski definition) is 1. The monoisotopic (exact) mass is 381 g/mol. The zero-order chi connectivity index (χ0) is 19.5. The molecular formula is C20H23N5O3. The Kier molecular flexibility index (Phi) is 5.23. The fraction of sp³-hybridized carbons (Fsp3) is 0.350. The fourth-order valence-corrected chi connectivity index (χ4v) is 3.55. The number of rotatable bonds is 6. The minimum absolute atomic E-state index is 0.0602. The van der Waals surface area contributed by atoms with Crippen LogP contribution in [0.3, 0.4) is 0 Å². The largest absolute Gasteiger partial charge is 0.383 e. The molecular weight excluding hydrogens is 358 g/mol. The Morgan fingerprint density at radius 2 is 2.00 bits per heavy atom. The topological polar surface area (TPSA) is 87.5 Å². The maximum absolute atomic E-state index is 11.0. The zero-order valence-electron chi connectivity index (χ0n) is 15.8. The number of nitrogens with zero attached hydrogens (tertiary/aromatic N) is 4. The van der Waals surface area contributed by atoms with E-state index in [-0.39, 0.29) is 5.69 Å². The SMILES string of the molecule is COCCN1CCN(c2ccc3nc(-c4cccc([N+](=O)[O-])c4)[nH]c3c2)CC1. The fourth-order valence-electron chi connectivity index (χ4n) is 3.55. The van der Waals surface area contributed by atoms with Crippen LogP contribution >= 0.6 is 0 Å². The third-order valence-electron chi connectivity index (χ3n) is 5.14. The number of fused-ring (bicyclic) bond motifs is 1. The minimum atomic E-state index is -0.392. The van der Waals surface area contributed by atoms with E-state index < -0.39 is 4.92 Å². The summed E-state index contributed by atoms with van der Waals surface area (Å²) < 4.78 is 5.16. The van der Waals surface area contributed by atoms with Gasteiger partial charge in [-0.25, -0.2) is 4.98 Å². The molecule has 0 saturated carbocycles. The van der Waals surface area contributed by atoms with Gasteiger partial charge in [0, 0.05) is 63.2 Å². The second-order valence-corrected chi connectivity index (χ2v) is 6.92. The number of ether oxygens (including phenoxy) is 1. The molecule has 2 aromatic carbocycles. The number of H-pyrrole nitrogens is 1. The maximum Gasteiger partial charge on any atom is 0.270 e. The van der Waals surface area contributed by atoms with Gasteiger partial charge in [0.15, 0.2) is 0 Å². The molecule has 28 heavy (non-hydrogen) atoms. The summed E-state index contributed by atoms with van der Waals surface area (Å²) in [6.07, 6.45) is 0. The number of nitro benzene ring substituents is 1. The molecule has 8 heteroatoms. The van der Waals surface area contributed by atoms with Crippen LogP contribution < -0.4 is 4.90 Å². The van der Waals surface area contributed by atoms with Crippen molar-refractivity contribution in [2.45, 2.75) is 0 Å². The molecule has 1 N–H and O–H groups in total. The smallest absolute Gasteiger partial charge is 0.270 e. The van der Waals surface area contributed by atoms with Crippen molar-refractivity contribution < 1.29 is 9.66 Å². The van der Waals surface area contributed by atoms with Gasteiger partial charge in [-0.2, -0.15) is 0 Å². The molecule has 2 heterocycles. The predicted octanol–water partition coefficient (Wildman–Crippen LogP) is 2.91. The molecule has 0 aliphatic carbocycles. The molecule has 0 amide bonds. The van der Waals surface area contributed by atoms with Gasteiger partial charge >= 0.3 is 0 Å². The summed E-state index contributed by atoms with van der Waals surface area (Å²) in [4.78, 5) is 23.3. The average molecular weight is 381 g/mol. The van der Waals surface area contributed by atoms with Crippen LogP contribution in [-0.4, -0.2) is 66.2 Å². The quantitative estimate of drug-likeness (QED) is 0.522. The van der Waals surface area contributed by atoms with Crippen molar-refractivity contribution in [3.63, 3.8) is 0 Å². The number of methoxy groups -OCH3 is 1. The summed E-state index contributed by atoms with van der Waals surface area (Å²) in [7, 11) is 1.73. The number of hydrogen-bond acceptors (Lipinski definition) is 6. The number of anilines is 1. The molecule has 1 fully saturated rings. The van der Waals surface area contributed by atoms with Crippen LogP contribution in [0.25, 0.3) is 22.4 Å². The molecule has 0 atom stereocenters. The lowest BCUT2D eigenvalue weighted by Gasteiger charge is -2.36. The Morgan fingerprint density at radius 3 is 2.75 bits per heavy atom. The molecule has 0 bridgehead atoms. The highest BCUT2D eigenvalue weighted by atomic mass is 16.6. The Labute approximate surface area is 162 Å². The van der Waals surface area contributed by atoms with E-state index in [2.05, 4.69) is 31.9 Å². The molecule has 0 spiro atoms. The first kappa shape index (κ1) is 18.4. The lowest BCUT2D eigenvalue weighted by molar-refractivity contribution is -0.384. The second-order valence-electron chi connectivity index (χ2n) is 6.92. The summed E-state index contributed by atoms with van der Waals surface area (Å²) in [5.74, 6) is 0.639. The van der Waals surface area contributed by atoms with E-state index in [4.69, 9.17) is 4.74 Å². The van der Waals surface area contributed by atoms with E-state index in [1.54, 1.807) is 13.2 Å². The first-order valence-corrected chi connectivity index (χ1v) is 9.35. The molecule has 4 rings (SSSR count). The Balaban J connectivity index is 1.53. The molecule has 0 radical (unpaired) electrons.